The highest BCUT2D eigenvalue weighted by atomic mass is 35.5. The maximum absolute atomic E-state index is 11.0. The van der Waals surface area contributed by atoms with E-state index in [9.17, 15) is 4.79 Å². The van der Waals surface area contributed by atoms with Crippen LogP contribution in [-0.2, 0) is 6.54 Å². The van der Waals surface area contributed by atoms with Crippen LogP contribution in [0.3, 0.4) is 0 Å². The standard InChI is InChI=1S/C13H18ClNO2/c1-10-11(8-12(17-10)13(14)16)9-15-6-4-2-3-5-7-15/h8H,2-7,9H2,1H3. The second kappa shape index (κ2) is 5.69. The summed E-state index contributed by atoms with van der Waals surface area (Å²) in [7, 11) is 0. The van der Waals surface area contributed by atoms with Gasteiger partial charge in [-0.05, 0) is 50.5 Å². The van der Waals surface area contributed by atoms with Gasteiger partial charge in [0.25, 0.3) is 5.24 Å². The van der Waals surface area contributed by atoms with E-state index in [4.69, 9.17) is 16.0 Å². The number of nitrogens with zero attached hydrogens (tertiary/aromatic N) is 1. The molecule has 94 valence electrons. The molecule has 17 heavy (non-hydrogen) atoms. The van der Waals surface area contributed by atoms with Crippen LogP contribution in [0.25, 0.3) is 0 Å². The van der Waals surface area contributed by atoms with Crippen molar-refractivity contribution in [1.82, 2.24) is 4.90 Å². The van der Waals surface area contributed by atoms with Crippen molar-refractivity contribution in [2.45, 2.75) is 39.2 Å². The second-order valence-corrected chi connectivity index (χ2v) is 5.00. The van der Waals surface area contributed by atoms with Gasteiger partial charge >= 0.3 is 0 Å². The van der Waals surface area contributed by atoms with Gasteiger partial charge in [-0.25, -0.2) is 0 Å². The first-order valence-electron chi connectivity index (χ1n) is 6.18. The van der Waals surface area contributed by atoms with E-state index in [0.29, 0.717) is 0 Å². The minimum atomic E-state index is -0.518. The molecule has 1 aliphatic rings. The number of furan rings is 1. The van der Waals surface area contributed by atoms with Gasteiger partial charge < -0.3 is 4.42 Å². The highest BCUT2D eigenvalue weighted by molar-refractivity contribution is 6.67. The van der Waals surface area contributed by atoms with Crippen molar-refractivity contribution in [1.29, 1.82) is 0 Å². The Bertz CT molecular complexity index is 392. The zero-order chi connectivity index (χ0) is 12.3. The second-order valence-electron chi connectivity index (χ2n) is 4.66. The van der Waals surface area contributed by atoms with Gasteiger partial charge in [-0.15, -0.1) is 0 Å². The monoisotopic (exact) mass is 255 g/mol. The molecule has 4 heteroatoms. The Labute approximate surface area is 107 Å². The molecule has 0 aromatic carbocycles. The third-order valence-electron chi connectivity index (χ3n) is 3.31. The Morgan fingerprint density at radius 1 is 1.35 bits per heavy atom. The van der Waals surface area contributed by atoms with Crippen molar-refractivity contribution in [3.63, 3.8) is 0 Å². The topological polar surface area (TPSA) is 33.5 Å². The van der Waals surface area contributed by atoms with Gasteiger partial charge in [0.15, 0.2) is 5.76 Å². The molecule has 0 N–H and O–H groups in total. The lowest BCUT2D eigenvalue weighted by Gasteiger charge is -2.18. The number of hydrogen-bond acceptors (Lipinski definition) is 3. The van der Waals surface area contributed by atoms with E-state index in [1.54, 1.807) is 6.07 Å². The van der Waals surface area contributed by atoms with Crippen molar-refractivity contribution in [3.05, 3.63) is 23.2 Å². The molecule has 1 aromatic rings. The molecule has 0 radical (unpaired) electrons. The average molecular weight is 256 g/mol. The Balaban J connectivity index is 2.04. The van der Waals surface area contributed by atoms with Gasteiger partial charge in [0, 0.05) is 12.1 Å². The van der Waals surface area contributed by atoms with Crippen molar-refractivity contribution < 1.29 is 9.21 Å². The molecule has 3 nitrogen and oxygen atoms in total. The van der Waals surface area contributed by atoms with Crippen LogP contribution in [-0.4, -0.2) is 23.2 Å². The first-order valence-corrected chi connectivity index (χ1v) is 6.56. The van der Waals surface area contributed by atoms with Crippen LogP contribution < -0.4 is 0 Å². The molecule has 0 spiro atoms. The SMILES string of the molecule is Cc1oc(C(=O)Cl)cc1CN1CCCCCC1. The highest BCUT2D eigenvalue weighted by Gasteiger charge is 2.16. The number of hydrogen-bond donors (Lipinski definition) is 0. The third-order valence-corrected chi connectivity index (χ3v) is 3.49. The summed E-state index contributed by atoms with van der Waals surface area (Å²) < 4.78 is 5.34. The van der Waals surface area contributed by atoms with Gasteiger partial charge in [0.1, 0.15) is 5.76 Å². The Morgan fingerprint density at radius 2 is 2.00 bits per heavy atom. The molecule has 2 rings (SSSR count). The molecule has 0 atom stereocenters. The van der Waals surface area contributed by atoms with Gasteiger partial charge in [-0.3, -0.25) is 9.69 Å². The van der Waals surface area contributed by atoms with Gasteiger partial charge in [0.05, 0.1) is 0 Å². The molecule has 1 aliphatic heterocycles. The minimum absolute atomic E-state index is 0.258. The fourth-order valence-corrected chi connectivity index (χ4v) is 2.40. The summed E-state index contributed by atoms with van der Waals surface area (Å²) in [6.45, 7) is 5.01. The van der Waals surface area contributed by atoms with Crippen LogP contribution in [0.1, 0.15) is 47.6 Å². The van der Waals surface area contributed by atoms with E-state index in [-0.39, 0.29) is 5.76 Å². The average Bonchev–Trinajstić information content (AvgIpc) is 2.52. The fourth-order valence-electron chi connectivity index (χ4n) is 2.31. The van der Waals surface area contributed by atoms with Gasteiger partial charge in [0.2, 0.25) is 0 Å². The van der Waals surface area contributed by atoms with Gasteiger partial charge in [-0.2, -0.15) is 0 Å². The fraction of sp³-hybridized carbons (Fsp3) is 0.615. The smallest absolute Gasteiger partial charge is 0.287 e. The van der Waals surface area contributed by atoms with Crippen LogP contribution in [0.5, 0.6) is 0 Å². The number of aryl methyl sites for hydroxylation is 1. The molecule has 0 unspecified atom stereocenters. The molecule has 1 saturated heterocycles. The molecule has 0 saturated carbocycles. The van der Waals surface area contributed by atoms with E-state index in [2.05, 4.69) is 4.90 Å². The van der Waals surface area contributed by atoms with Crippen molar-refractivity contribution in [2.24, 2.45) is 0 Å². The number of carbonyl (C=O) groups excluding carboxylic acids is 1. The number of halogens is 1. The summed E-state index contributed by atoms with van der Waals surface area (Å²) in [4.78, 5) is 13.4. The predicted octanol–water partition coefficient (Wildman–Crippen LogP) is 3.34. The summed E-state index contributed by atoms with van der Waals surface area (Å²) in [5.41, 5.74) is 1.08. The lowest BCUT2D eigenvalue weighted by molar-refractivity contribution is 0.105. The predicted molar refractivity (Wildman–Crippen MR) is 67.4 cm³/mol. The maximum atomic E-state index is 11.0. The lowest BCUT2D eigenvalue weighted by Crippen LogP contribution is -2.24. The van der Waals surface area contributed by atoms with E-state index in [1.807, 2.05) is 6.92 Å². The molecule has 0 bridgehead atoms. The lowest BCUT2D eigenvalue weighted by atomic mass is 10.2. The number of carbonyl (C=O) groups is 1. The van der Waals surface area contributed by atoms with Crippen LogP contribution in [0.4, 0.5) is 0 Å². The summed E-state index contributed by atoms with van der Waals surface area (Å²) in [6.07, 6.45) is 5.18. The quantitative estimate of drug-likeness (QED) is 0.777. The van der Waals surface area contributed by atoms with Crippen LogP contribution in [0, 0.1) is 6.92 Å². The van der Waals surface area contributed by atoms with Gasteiger partial charge in [-0.1, -0.05) is 12.8 Å². The molecular formula is C13H18ClNO2. The molecular weight excluding hydrogens is 238 g/mol. The molecule has 2 heterocycles. The van der Waals surface area contributed by atoms with Crippen LogP contribution in [0.15, 0.2) is 10.5 Å². The Kier molecular flexibility index (Phi) is 4.24. The highest BCUT2D eigenvalue weighted by Crippen LogP contribution is 2.20. The third kappa shape index (κ3) is 3.33. The van der Waals surface area contributed by atoms with E-state index < -0.39 is 5.24 Å². The largest absolute Gasteiger partial charge is 0.457 e. The summed E-state index contributed by atoms with van der Waals surface area (Å²) >= 11 is 5.41. The van der Waals surface area contributed by atoms with E-state index in [0.717, 1.165) is 31.0 Å². The minimum Gasteiger partial charge on any atom is -0.457 e. The summed E-state index contributed by atoms with van der Waals surface area (Å²) in [5.74, 6) is 1.06. The van der Waals surface area contributed by atoms with E-state index >= 15 is 0 Å². The first kappa shape index (κ1) is 12.7. The Hall–Kier alpha value is -0.800. The summed E-state index contributed by atoms with van der Waals surface area (Å²) in [6, 6.07) is 1.77. The normalized spacial score (nSPS) is 18.0. The molecule has 1 aromatic heterocycles. The summed E-state index contributed by atoms with van der Waals surface area (Å²) in [5, 5.41) is -0.518. The number of rotatable bonds is 3. The van der Waals surface area contributed by atoms with Crippen LogP contribution >= 0.6 is 11.6 Å². The molecule has 0 aliphatic carbocycles. The maximum Gasteiger partial charge on any atom is 0.287 e. The van der Waals surface area contributed by atoms with Crippen molar-refractivity contribution in [2.75, 3.05) is 13.1 Å². The first-order chi connectivity index (χ1) is 8.16. The van der Waals surface area contributed by atoms with Crippen molar-refractivity contribution in [3.8, 4) is 0 Å². The number of likely N-dealkylation sites (tertiary alicyclic amines) is 1. The zero-order valence-corrected chi connectivity index (χ0v) is 10.9. The molecule has 1 fully saturated rings. The Morgan fingerprint density at radius 3 is 2.53 bits per heavy atom. The van der Waals surface area contributed by atoms with Crippen LogP contribution in [0.2, 0.25) is 0 Å². The zero-order valence-electron chi connectivity index (χ0n) is 10.2. The van der Waals surface area contributed by atoms with E-state index in [1.165, 1.54) is 25.7 Å². The molecule has 0 amide bonds. The van der Waals surface area contributed by atoms with Crippen molar-refractivity contribution >= 4 is 16.8 Å².